The molecule has 0 fully saturated rings. The maximum atomic E-state index is 11.3. The molecule has 2 N–H and O–H groups in total. The van der Waals surface area contributed by atoms with Crippen LogP contribution in [-0.4, -0.2) is 43.2 Å². The Morgan fingerprint density at radius 3 is 2.81 bits per heavy atom. The highest BCUT2D eigenvalue weighted by atomic mass is 16.5. The summed E-state index contributed by atoms with van der Waals surface area (Å²) in [5.74, 6) is 0.200. The molecule has 6 nitrogen and oxygen atoms in total. The van der Waals surface area contributed by atoms with Gasteiger partial charge in [0.15, 0.2) is 0 Å². The molecule has 0 saturated carbocycles. The zero-order valence-electron chi connectivity index (χ0n) is 9.73. The van der Waals surface area contributed by atoms with Gasteiger partial charge < -0.3 is 15.4 Å². The Morgan fingerprint density at radius 2 is 2.25 bits per heavy atom. The number of rotatable bonds is 4. The third-order valence-corrected chi connectivity index (χ3v) is 2.06. The van der Waals surface area contributed by atoms with Crippen molar-refractivity contribution in [2.75, 3.05) is 32.1 Å². The van der Waals surface area contributed by atoms with Crippen molar-refractivity contribution < 1.29 is 9.53 Å². The number of likely N-dealkylation sites (N-methyl/N-ethyl adjacent to an activating group) is 1. The van der Waals surface area contributed by atoms with Crippen LogP contribution in [0.25, 0.3) is 0 Å². The van der Waals surface area contributed by atoms with E-state index in [-0.39, 0.29) is 5.82 Å². The number of hydrogen-bond acceptors (Lipinski definition) is 6. The molecule has 88 valence electrons. The van der Waals surface area contributed by atoms with Crippen LogP contribution >= 0.6 is 0 Å². The molecule has 0 aliphatic rings. The van der Waals surface area contributed by atoms with E-state index in [0.717, 1.165) is 0 Å². The van der Waals surface area contributed by atoms with Crippen LogP contribution < -0.4 is 10.6 Å². The molecule has 0 radical (unpaired) electrons. The topological polar surface area (TPSA) is 81.3 Å². The second-order valence-electron chi connectivity index (χ2n) is 3.39. The number of ether oxygens (including phenoxy) is 1. The summed E-state index contributed by atoms with van der Waals surface area (Å²) < 4.78 is 4.58. The summed E-state index contributed by atoms with van der Waals surface area (Å²) in [5.41, 5.74) is 6.17. The SMILES string of the molecule is COC(=O)c1nc(C)cc(N(C)CCN)n1. The van der Waals surface area contributed by atoms with Crippen LogP contribution in [0.4, 0.5) is 5.82 Å². The normalized spacial score (nSPS) is 10.0. The quantitative estimate of drug-likeness (QED) is 0.723. The lowest BCUT2D eigenvalue weighted by atomic mass is 10.4. The van der Waals surface area contributed by atoms with E-state index < -0.39 is 5.97 Å². The molecule has 1 rings (SSSR count). The summed E-state index contributed by atoms with van der Waals surface area (Å²) in [6, 6.07) is 1.79. The summed E-state index contributed by atoms with van der Waals surface area (Å²) in [5, 5.41) is 0. The summed E-state index contributed by atoms with van der Waals surface area (Å²) in [6.07, 6.45) is 0. The molecule has 0 aromatic carbocycles. The number of aryl methyl sites for hydroxylation is 1. The maximum Gasteiger partial charge on any atom is 0.376 e. The summed E-state index contributed by atoms with van der Waals surface area (Å²) in [6.45, 7) is 2.98. The van der Waals surface area contributed by atoms with E-state index in [2.05, 4.69) is 14.7 Å². The minimum Gasteiger partial charge on any atom is -0.463 e. The molecule has 0 unspecified atom stereocenters. The van der Waals surface area contributed by atoms with Gasteiger partial charge in [0, 0.05) is 31.9 Å². The van der Waals surface area contributed by atoms with E-state index >= 15 is 0 Å². The van der Waals surface area contributed by atoms with Crippen LogP contribution in [0, 0.1) is 6.92 Å². The Bertz CT molecular complexity index is 381. The lowest BCUT2D eigenvalue weighted by Gasteiger charge is -2.17. The highest BCUT2D eigenvalue weighted by molar-refractivity contribution is 5.85. The van der Waals surface area contributed by atoms with Gasteiger partial charge in [-0.05, 0) is 6.92 Å². The maximum absolute atomic E-state index is 11.3. The Morgan fingerprint density at radius 1 is 1.56 bits per heavy atom. The molecule has 0 aliphatic carbocycles. The smallest absolute Gasteiger partial charge is 0.376 e. The molecule has 1 aromatic heterocycles. The van der Waals surface area contributed by atoms with Crippen LogP contribution in [0.3, 0.4) is 0 Å². The first-order chi connectivity index (χ1) is 7.58. The molecule has 1 heterocycles. The van der Waals surface area contributed by atoms with Gasteiger partial charge in [0.05, 0.1) is 7.11 Å². The molecule has 1 aromatic rings. The molecule has 0 spiro atoms. The van der Waals surface area contributed by atoms with Gasteiger partial charge in [-0.15, -0.1) is 0 Å². The van der Waals surface area contributed by atoms with Crippen molar-refractivity contribution in [1.82, 2.24) is 9.97 Å². The third kappa shape index (κ3) is 2.90. The van der Waals surface area contributed by atoms with Crippen molar-refractivity contribution in [3.63, 3.8) is 0 Å². The van der Waals surface area contributed by atoms with E-state index in [1.807, 2.05) is 11.9 Å². The first-order valence-corrected chi connectivity index (χ1v) is 4.93. The van der Waals surface area contributed by atoms with E-state index in [9.17, 15) is 4.79 Å². The Hall–Kier alpha value is -1.69. The first-order valence-electron chi connectivity index (χ1n) is 4.93. The molecular formula is C10H16N4O2. The number of aromatic nitrogens is 2. The average Bonchev–Trinajstić information content (AvgIpc) is 2.27. The van der Waals surface area contributed by atoms with E-state index in [0.29, 0.717) is 24.6 Å². The number of carbonyl (C=O) groups excluding carboxylic acids is 1. The van der Waals surface area contributed by atoms with Gasteiger partial charge in [-0.2, -0.15) is 0 Å². The zero-order valence-corrected chi connectivity index (χ0v) is 9.73. The van der Waals surface area contributed by atoms with E-state index in [1.165, 1.54) is 7.11 Å². The Balaban J connectivity index is 3.02. The summed E-state index contributed by atoms with van der Waals surface area (Å²) in [7, 11) is 3.16. The lowest BCUT2D eigenvalue weighted by molar-refractivity contribution is 0.0586. The number of hydrogen-bond donors (Lipinski definition) is 1. The Kier molecular flexibility index (Phi) is 4.19. The van der Waals surface area contributed by atoms with Crippen LogP contribution in [0.2, 0.25) is 0 Å². The molecule has 0 bridgehead atoms. The monoisotopic (exact) mass is 224 g/mol. The molecule has 0 saturated heterocycles. The van der Waals surface area contributed by atoms with Crippen LogP contribution in [0.1, 0.15) is 16.3 Å². The molecule has 0 aliphatic heterocycles. The van der Waals surface area contributed by atoms with Crippen LogP contribution in [0.5, 0.6) is 0 Å². The van der Waals surface area contributed by atoms with Gasteiger partial charge in [0.1, 0.15) is 5.82 Å². The molecule has 0 amide bonds. The number of anilines is 1. The van der Waals surface area contributed by atoms with Crippen molar-refractivity contribution in [3.8, 4) is 0 Å². The number of esters is 1. The molecular weight excluding hydrogens is 208 g/mol. The van der Waals surface area contributed by atoms with Crippen molar-refractivity contribution in [2.45, 2.75) is 6.92 Å². The van der Waals surface area contributed by atoms with Crippen LogP contribution in [0.15, 0.2) is 6.07 Å². The van der Waals surface area contributed by atoms with Gasteiger partial charge in [0.2, 0.25) is 5.82 Å². The fourth-order valence-corrected chi connectivity index (χ4v) is 1.24. The van der Waals surface area contributed by atoms with Gasteiger partial charge in [-0.3, -0.25) is 0 Å². The largest absolute Gasteiger partial charge is 0.463 e. The minimum atomic E-state index is -0.536. The number of methoxy groups -OCH3 is 1. The summed E-state index contributed by atoms with van der Waals surface area (Å²) >= 11 is 0. The fraction of sp³-hybridized carbons (Fsp3) is 0.500. The van der Waals surface area contributed by atoms with E-state index in [1.54, 1.807) is 13.0 Å². The molecule has 16 heavy (non-hydrogen) atoms. The number of nitrogens with zero attached hydrogens (tertiary/aromatic N) is 3. The van der Waals surface area contributed by atoms with Crippen molar-refractivity contribution in [1.29, 1.82) is 0 Å². The second-order valence-corrected chi connectivity index (χ2v) is 3.39. The fourth-order valence-electron chi connectivity index (χ4n) is 1.24. The number of nitrogens with two attached hydrogens (primary N) is 1. The van der Waals surface area contributed by atoms with Crippen molar-refractivity contribution in [3.05, 3.63) is 17.6 Å². The van der Waals surface area contributed by atoms with E-state index in [4.69, 9.17) is 5.73 Å². The van der Waals surface area contributed by atoms with Gasteiger partial charge >= 0.3 is 5.97 Å². The molecule has 0 atom stereocenters. The standard InChI is InChI=1S/C10H16N4O2/c1-7-6-8(14(2)5-4-11)13-9(12-7)10(15)16-3/h6H,4-5,11H2,1-3H3. The zero-order chi connectivity index (χ0) is 12.1. The highest BCUT2D eigenvalue weighted by Gasteiger charge is 2.12. The van der Waals surface area contributed by atoms with Gasteiger partial charge in [0.25, 0.3) is 0 Å². The van der Waals surface area contributed by atoms with Gasteiger partial charge in [-0.25, -0.2) is 14.8 Å². The molecule has 6 heteroatoms. The first kappa shape index (κ1) is 12.4. The minimum absolute atomic E-state index is 0.0707. The van der Waals surface area contributed by atoms with Gasteiger partial charge in [-0.1, -0.05) is 0 Å². The third-order valence-electron chi connectivity index (χ3n) is 2.06. The Labute approximate surface area is 94.4 Å². The average molecular weight is 224 g/mol. The highest BCUT2D eigenvalue weighted by Crippen LogP contribution is 2.10. The van der Waals surface area contributed by atoms with Crippen LogP contribution in [-0.2, 0) is 4.74 Å². The second kappa shape index (κ2) is 5.41. The predicted molar refractivity (Wildman–Crippen MR) is 60.4 cm³/mol. The number of carbonyl (C=O) groups is 1. The van der Waals surface area contributed by atoms with Crippen molar-refractivity contribution in [2.24, 2.45) is 5.73 Å². The predicted octanol–water partition coefficient (Wildman–Crippen LogP) is -0.0335. The summed E-state index contributed by atoms with van der Waals surface area (Å²) in [4.78, 5) is 21.3. The lowest BCUT2D eigenvalue weighted by Crippen LogP contribution is -2.26. The van der Waals surface area contributed by atoms with Crippen molar-refractivity contribution >= 4 is 11.8 Å².